The Hall–Kier alpha value is -1.49. The van der Waals surface area contributed by atoms with Crippen LogP contribution in [0, 0.1) is 17.0 Å². The summed E-state index contributed by atoms with van der Waals surface area (Å²) in [6.45, 7) is 5.09. The maximum Gasteiger partial charge on any atom is 0.224 e. The molecule has 0 spiro atoms. The average molecular weight is 270 g/mol. The molecule has 0 aliphatic heterocycles. The number of amides is 1. The molecule has 0 heterocycles. The fraction of sp³-hybridized carbons (Fsp3) is 0.500. The molecule has 0 bridgehead atoms. The van der Waals surface area contributed by atoms with Crippen LogP contribution in [0.2, 0.25) is 0 Å². The lowest BCUT2D eigenvalue weighted by atomic mass is 9.89. The summed E-state index contributed by atoms with van der Waals surface area (Å²) in [5, 5.41) is 2.78. The van der Waals surface area contributed by atoms with Crippen molar-refractivity contribution < 1.29 is 13.6 Å². The second-order valence-electron chi connectivity index (χ2n) is 5.40. The number of nitrogens with two attached hydrogens (primary N) is 1. The molecule has 1 amide bonds. The monoisotopic (exact) mass is 270 g/mol. The van der Waals surface area contributed by atoms with Crippen molar-refractivity contribution in [3.63, 3.8) is 0 Å². The van der Waals surface area contributed by atoms with Gasteiger partial charge in [-0.3, -0.25) is 4.79 Å². The minimum atomic E-state index is -0.936. The van der Waals surface area contributed by atoms with Crippen LogP contribution < -0.4 is 11.1 Å². The molecule has 1 rings (SSSR count). The summed E-state index contributed by atoms with van der Waals surface area (Å²) in [5.41, 5.74) is 5.87. The molecular weight excluding hydrogens is 250 g/mol. The molecule has 0 unspecified atom stereocenters. The average Bonchev–Trinajstić information content (AvgIpc) is 2.32. The molecular formula is C14H20F2N2O. The van der Waals surface area contributed by atoms with Gasteiger partial charge in [0.2, 0.25) is 5.91 Å². The summed E-state index contributed by atoms with van der Waals surface area (Å²) in [4.78, 5) is 11.7. The van der Waals surface area contributed by atoms with Crippen LogP contribution in [0.5, 0.6) is 0 Å². The third kappa shape index (κ3) is 5.34. The first-order valence-corrected chi connectivity index (χ1v) is 6.25. The van der Waals surface area contributed by atoms with Crippen LogP contribution in [-0.2, 0) is 11.2 Å². The second kappa shape index (κ2) is 6.61. The Morgan fingerprint density at radius 1 is 1.32 bits per heavy atom. The van der Waals surface area contributed by atoms with Crippen LogP contribution in [0.15, 0.2) is 18.2 Å². The van der Waals surface area contributed by atoms with Gasteiger partial charge in [-0.2, -0.15) is 0 Å². The van der Waals surface area contributed by atoms with Crippen LogP contribution in [0.25, 0.3) is 0 Å². The molecule has 106 valence electrons. The largest absolute Gasteiger partial charge is 0.355 e. The lowest BCUT2D eigenvalue weighted by molar-refractivity contribution is -0.120. The molecule has 19 heavy (non-hydrogen) atoms. The minimum Gasteiger partial charge on any atom is -0.355 e. The van der Waals surface area contributed by atoms with E-state index in [1.54, 1.807) is 0 Å². The zero-order valence-electron chi connectivity index (χ0n) is 11.3. The number of halogens is 2. The van der Waals surface area contributed by atoms with E-state index in [4.69, 9.17) is 5.73 Å². The Kier molecular flexibility index (Phi) is 5.42. The fourth-order valence-corrected chi connectivity index (χ4v) is 1.71. The van der Waals surface area contributed by atoms with Gasteiger partial charge in [0.25, 0.3) is 0 Å². The van der Waals surface area contributed by atoms with Crippen LogP contribution >= 0.6 is 0 Å². The first-order valence-electron chi connectivity index (χ1n) is 6.25. The number of carbonyl (C=O) groups excluding carboxylic acids is 1. The number of benzene rings is 1. The quantitative estimate of drug-likeness (QED) is 0.830. The van der Waals surface area contributed by atoms with Crippen molar-refractivity contribution in [2.75, 3.05) is 13.1 Å². The first kappa shape index (κ1) is 15.6. The van der Waals surface area contributed by atoms with Crippen molar-refractivity contribution in [3.8, 4) is 0 Å². The van der Waals surface area contributed by atoms with Crippen LogP contribution in [0.4, 0.5) is 8.78 Å². The lowest BCUT2D eigenvalue weighted by Crippen LogP contribution is -2.36. The van der Waals surface area contributed by atoms with E-state index in [1.165, 1.54) is 6.07 Å². The molecule has 0 atom stereocenters. The van der Waals surface area contributed by atoms with Gasteiger partial charge in [0, 0.05) is 6.54 Å². The Morgan fingerprint density at radius 2 is 2.00 bits per heavy atom. The molecule has 0 fully saturated rings. The third-order valence-corrected chi connectivity index (χ3v) is 2.93. The van der Waals surface area contributed by atoms with E-state index in [0.717, 1.165) is 18.6 Å². The van der Waals surface area contributed by atoms with E-state index in [2.05, 4.69) is 5.32 Å². The van der Waals surface area contributed by atoms with Crippen molar-refractivity contribution in [2.24, 2.45) is 11.1 Å². The van der Waals surface area contributed by atoms with Crippen LogP contribution in [0.1, 0.15) is 25.8 Å². The Balaban J connectivity index is 2.49. The maximum atomic E-state index is 13.0. The van der Waals surface area contributed by atoms with Crippen molar-refractivity contribution >= 4 is 5.91 Å². The third-order valence-electron chi connectivity index (χ3n) is 2.93. The highest BCUT2D eigenvalue weighted by atomic mass is 19.2. The Bertz CT molecular complexity index is 447. The summed E-state index contributed by atoms with van der Waals surface area (Å²) < 4.78 is 25.7. The smallest absolute Gasteiger partial charge is 0.224 e. The highest BCUT2D eigenvalue weighted by Crippen LogP contribution is 2.17. The summed E-state index contributed by atoms with van der Waals surface area (Å²) in [6.07, 6.45) is 0.842. The highest BCUT2D eigenvalue weighted by molar-refractivity contribution is 5.78. The molecule has 0 aromatic heterocycles. The number of rotatable bonds is 6. The van der Waals surface area contributed by atoms with E-state index < -0.39 is 11.6 Å². The molecule has 1 aromatic carbocycles. The first-order chi connectivity index (χ1) is 8.84. The molecule has 3 nitrogen and oxygen atoms in total. The zero-order valence-corrected chi connectivity index (χ0v) is 11.3. The van der Waals surface area contributed by atoms with Crippen LogP contribution in [0.3, 0.4) is 0 Å². The highest BCUT2D eigenvalue weighted by Gasteiger charge is 2.17. The number of carbonyl (C=O) groups is 1. The molecule has 0 aliphatic carbocycles. The van der Waals surface area contributed by atoms with Gasteiger partial charge < -0.3 is 11.1 Å². The van der Waals surface area contributed by atoms with Crippen molar-refractivity contribution in [1.82, 2.24) is 5.32 Å². The lowest BCUT2D eigenvalue weighted by Gasteiger charge is -2.24. The van der Waals surface area contributed by atoms with Crippen LogP contribution in [-0.4, -0.2) is 19.0 Å². The molecule has 3 N–H and O–H groups in total. The SMILES string of the molecule is CC(C)(CCN)CNC(=O)Cc1ccc(F)c(F)c1. The predicted molar refractivity (Wildman–Crippen MR) is 70.5 cm³/mol. The fourth-order valence-electron chi connectivity index (χ4n) is 1.71. The maximum absolute atomic E-state index is 13.0. The van der Waals surface area contributed by atoms with E-state index in [9.17, 15) is 13.6 Å². The van der Waals surface area contributed by atoms with Crippen molar-refractivity contribution in [1.29, 1.82) is 0 Å². The van der Waals surface area contributed by atoms with Gasteiger partial charge in [-0.1, -0.05) is 19.9 Å². The Morgan fingerprint density at radius 3 is 2.58 bits per heavy atom. The van der Waals surface area contributed by atoms with Gasteiger partial charge in [-0.05, 0) is 36.1 Å². The van der Waals surface area contributed by atoms with Gasteiger partial charge in [0.05, 0.1) is 6.42 Å². The van der Waals surface area contributed by atoms with Gasteiger partial charge in [0.15, 0.2) is 11.6 Å². The molecule has 0 radical (unpaired) electrons. The Labute approximate surface area is 112 Å². The minimum absolute atomic E-state index is 0.0376. The molecule has 0 saturated heterocycles. The van der Waals surface area contributed by atoms with E-state index in [0.29, 0.717) is 18.7 Å². The van der Waals surface area contributed by atoms with Gasteiger partial charge in [-0.25, -0.2) is 8.78 Å². The summed E-state index contributed by atoms with van der Waals surface area (Å²) in [5.74, 6) is -2.06. The summed E-state index contributed by atoms with van der Waals surface area (Å²) in [7, 11) is 0. The topological polar surface area (TPSA) is 55.1 Å². The molecule has 0 aliphatic rings. The number of hydrogen-bond acceptors (Lipinski definition) is 2. The standard InChI is InChI=1S/C14H20F2N2O/c1-14(2,5-6-17)9-18-13(19)8-10-3-4-11(15)12(16)7-10/h3-4,7H,5-6,8-9,17H2,1-2H3,(H,18,19). The number of nitrogens with one attached hydrogen (secondary N) is 1. The van der Waals surface area contributed by atoms with Crippen molar-refractivity contribution in [3.05, 3.63) is 35.4 Å². The van der Waals surface area contributed by atoms with Gasteiger partial charge >= 0.3 is 0 Å². The van der Waals surface area contributed by atoms with E-state index in [1.807, 2.05) is 13.8 Å². The zero-order chi connectivity index (χ0) is 14.5. The number of hydrogen-bond donors (Lipinski definition) is 2. The normalized spacial score (nSPS) is 11.4. The second-order valence-corrected chi connectivity index (χ2v) is 5.40. The summed E-state index contributed by atoms with van der Waals surface area (Å²) in [6, 6.07) is 3.47. The molecule has 5 heteroatoms. The van der Waals surface area contributed by atoms with Gasteiger partial charge in [-0.15, -0.1) is 0 Å². The van der Waals surface area contributed by atoms with Gasteiger partial charge in [0.1, 0.15) is 0 Å². The predicted octanol–water partition coefficient (Wildman–Crippen LogP) is 2.00. The van der Waals surface area contributed by atoms with E-state index in [-0.39, 0.29) is 17.7 Å². The van der Waals surface area contributed by atoms with Crippen molar-refractivity contribution in [2.45, 2.75) is 26.7 Å². The van der Waals surface area contributed by atoms with E-state index >= 15 is 0 Å². The summed E-state index contributed by atoms with van der Waals surface area (Å²) >= 11 is 0. The molecule has 0 saturated carbocycles. The molecule has 1 aromatic rings.